The van der Waals surface area contributed by atoms with Gasteiger partial charge in [-0.3, -0.25) is 4.79 Å². The first kappa shape index (κ1) is 16.0. The molecule has 128 valence electrons. The molecule has 26 heavy (non-hydrogen) atoms. The lowest BCUT2D eigenvalue weighted by atomic mass is 9.98. The number of hydrogen-bond acceptors (Lipinski definition) is 2. The van der Waals surface area contributed by atoms with E-state index in [1.165, 1.54) is 0 Å². The third-order valence-electron chi connectivity index (χ3n) is 4.36. The Kier molecular flexibility index (Phi) is 4.15. The van der Waals surface area contributed by atoms with Gasteiger partial charge in [-0.2, -0.15) is 0 Å². The SMILES string of the molecule is COc1cc[nH]c1/C=C1\C(=O)Nc2cccc(/C=C/c3ccccc3)c21. The predicted octanol–water partition coefficient (Wildman–Crippen LogP) is 4.69. The Hall–Kier alpha value is -3.53. The van der Waals surface area contributed by atoms with Crippen LogP contribution in [0, 0.1) is 0 Å². The minimum Gasteiger partial charge on any atom is -0.495 e. The van der Waals surface area contributed by atoms with Gasteiger partial charge in [0.05, 0.1) is 18.4 Å². The number of ether oxygens (including phenoxy) is 1. The summed E-state index contributed by atoms with van der Waals surface area (Å²) in [7, 11) is 1.61. The van der Waals surface area contributed by atoms with E-state index in [2.05, 4.69) is 10.3 Å². The number of fused-ring (bicyclic) bond motifs is 1. The summed E-state index contributed by atoms with van der Waals surface area (Å²) in [5.74, 6) is 0.591. The number of methoxy groups -OCH3 is 1. The molecule has 1 aliphatic rings. The molecule has 1 aromatic heterocycles. The molecule has 4 nitrogen and oxygen atoms in total. The van der Waals surface area contributed by atoms with Gasteiger partial charge in [0, 0.05) is 17.4 Å². The second-order valence-corrected chi connectivity index (χ2v) is 5.99. The monoisotopic (exact) mass is 342 g/mol. The van der Waals surface area contributed by atoms with Crippen LogP contribution >= 0.6 is 0 Å². The summed E-state index contributed by atoms with van der Waals surface area (Å²) in [5.41, 5.74) is 5.21. The van der Waals surface area contributed by atoms with Gasteiger partial charge in [-0.25, -0.2) is 0 Å². The Balaban J connectivity index is 1.78. The summed E-state index contributed by atoms with van der Waals surface area (Å²) in [5, 5.41) is 2.94. The number of nitrogens with one attached hydrogen (secondary N) is 2. The molecular formula is C22H18N2O2. The summed E-state index contributed by atoms with van der Waals surface area (Å²) in [4.78, 5) is 15.6. The van der Waals surface area contributed by atoms with Crippen molar-refractivity contribution in [3.05, 3.63) is 83.2 Å². The molecule has 0 saturated heterocycles. The maximum Gasteiger partial charge on any atom is 0.256 e. The number of carbonyl (C=O) groups is 1. The quantitative estimate of drug-likeness (QED) is 0.534. The van der Waals surface area contributed by atoms with Crippen molar-refractivity contribution < 1.29 is 9.53 Å². The first-order chi connectivity index (χ1) is 12.8. The van der Waals surface area contributed by atoms with Gasteiger partial charge in [0.1, 0.15) is 5.75 Å². The van der Waals surface area contributed by atoms with Crippen LogP contribution in [-0.4, -0.2) is 18.0 Å². The van der Waals surface area contributed by atoms with Crippen LogP contribution in [0.2, 0.25) is 0 Å². The first-order valence-electron chi connectivity index (χ1n) is 8.37. The standard InChI is InChI=1S/C22H18N2O2/c1-26-20-12-13-23-19(20)14-17-21-16(8-5-9-18(21)24-22(17)25)11-10-15-6-3-2-4-7-15/h2-14,23H,1H3,(H,24,25)/b11-10+,17-14-. The number of anilines is 1. The predicted molar refractivity (Wildman–Crippen MR) is 106 cm³/mol. The van der Waals surface area contributed by atoms with Crippen molar-refractivity contribution in [2.45, 2.75) is 0 Å². The van der Waals surface area contributed by atoms with Gasteiger partial charge in [-0.05, 0) is 29.3 Å². The second kappa shape index (κ2) is 6.76. The first-order valence-corrected chi connectivity index (χ1v) is 8.37. The third kappa shape index (κ3) is 2.93. The Morgan fingerprint density at radius 3 is 2.62 bits per heavy atom. The van der Waals surface area contributed by atoms with Crippen molar-refractivity contribution in [1.29, 1.82) is 0 Å². The van der Waals surface area contributed by atoms with E-state index in [0.717, 1.165) is 28.1 Å². The van der Waals surface area contributed by atoms with Crippen molar-refractivity contribution in [1.82, 2.24) is 4.98 Å². The molecule has 0 aliphatic carbocycles. The molecule has 2 heterocycles. The van der Waals surface area contributed by atoms with Gasteiger partial charge in [-0.15, -0.1) is 0 Å². The Bertz CT molecular complexity index is 1010. The van der Waals surface area contributed by atoms with E-state index >= 15 is 0 Å². The fourth-order valence-corrected chi connectivity index (χ4v) is 3.11. The molecule has 0 atom stereocenters. The number of rotatable bonds is 4. The minimum absolute atomic E-state index is 0.114. The van der Waals surface area contributed by atoms with E-state index in [4.69, 9.17) is 4.74 Å². The van der Waals surface area contributed by atoms with Gasteiger partial charge in [0.25, 0.3) is 5.91 Å². The van der Waals surface area contributed by atoms with Crippen LogP contribution in [0.15, 0.2) is 60.8 Å². The molecule has 0 bridgehead atoms. The molecule has 2 N–H and O–H groups in total. The number of aromatic amines is 1. The lowest BCUT2D eigenvalue weighted by Gasteiger charge is -2.05. The molecule has 2 aromatic carbocycles. The van der Waals surface area contributed by atoms with Crippen LogP contribution < -0.4 is 10.1 Å². The van der Waals surface area contributed by atoms with Gasteiger partial charge in [0.2, 0.25) is 0 Å². The van der Waals surface area contributed by atoms with Crippen LogP contribution in [0.4, 0.5) is 5.69 Å². The maximum absolute atomic E-state index is 12.5. The van der Waals surface area contributed by atoms with Crippen LogP contribution in [-0.2, 0) is 4.79 Å². The molecule has 1 amide bonds. The van der Waals surface area contributed by atoms with E-state index in [1.807, 2.05) is 72.8 Å². The second-order valence-electron chi connectivity index (χ2n) is 5.99. The topological polar surface area (TPSA) is 54.1 Å². The number of amides is 1. The molecule has 4 rings (SSSR count). The van der Waals surface area contributed by atoms with Crippen LogP contribution in [0.3, 0.4) is 0 Å². The molecule has 1 aliphatic heterocycles. The zero-order chi connectivity index (χ0) is 17.9. The van der Waals surface area contributed by atoms with Crippen molar-refractivity contribution in [3.63, 3.8) is 0 Å². The van der Waals surface area contributed by atoms with Crippen molar-refractivity contribution in [3.8, 4) is 5.75 Å². The molecule has 0 spiro atoms. The zero-order valence-corrected chi connectivity index (χ0v) is 14.3. The average Bonchev–Trinajstić information content (AvgIpc) is 3.25. The summed E-state index contributed by atoms with van der Waals surface area (Å²) < 4.78 is 5.33. The molecule has 4 heteroatoms. The van der Waals surface area contributed by atoms with Gasteiger partial charge < -0.3 is 15.0 Å². The van der Waals surface area contributed by atoms with Crippen molar-refractivity contribution in [2.75, 3.05) is 12.4 Å². The number of benzene rings is 2. The van der Waals surface area contributed by atoms with E-state index in [-0.39, 0.29) is 5.91 Å². The lowest BCUT2D eigenvalue weighted by Crippen LogP contribution is -2.03. The summed E-state index contributed by atoms with van der Waals surface area (Å²) in [6, 6.07) is 17.8. The molecule has 0 unspecified atom stereocenters. The number of H-pyrrole nitrogens is 1. The van der Waals surface area contributed by atoms with Crippen molar-refractivity contribution in [2.24, 2.45) is 0 Å². The minimum atomic E-state index is -0.114. The maximum atomic E-state index is 12.5. The molecule has 3 aromatic rings. The zero-order valence-electron chi connectivity index (χ0n) is 14.3. The van der Waals surface area contributed by atoms with Crippen molar-refractivity contribution >= 4 is 35.4 Å². The van der Waals surface area contributed by atoms with E-state index in [1.54, 1.807) is 13.3 Å². The van der Waals surface area contributed by atoms with Gasteiger partial charge in [0.15, 0.2) is 0 Å². The fourth-order valence-electron chi connectivity index (χ4n) is 3.11. The molecule has 0 fully saturated rings. The Morgan fingerprint density at radius 1 is 0.962 bits per heavy atom. The smallest absolute Gasteiger partial charge is 0.256 e. The van der Waals surface area contributed by atoms with Crippen LogP contribution in [0.25, 0.3) is 23.8 Å². The van der Waals surface area contributed by atoms with Gasteiger partial charge in [-0.1, -0.05) is 54.6 Å². The van der Waals surface area contributed by atoms with E-state index in [9.17, 15) is 4.79 Å². The largest absolute Gasteiger partial charge is 0.495 e. The van der Waals surface area contributed by atoms with E-state index in [0.29, 0.717) is 11.3 Å². The highest BCUT2D eigenvalue weighted by atomic mass is 16.5. The highest BCUT2D eigenvalue weighted by Crippen LogP contribution is 2.37. The summed E-state index contributed by atoms with van der Waals surface area (Å²) in [6.45, 7) is 0. The number of hydrogen-bond donors (Lipinski definition) is 2. The van der Waals surface area contributed by atoms with Crippen LogP contribution in [0.1, 0.15) is 22.4 Å². The highest BCUT2D eigenvalue weighted by Gasteiger charge is 2.26. The molecular weight excluding hydrogens is 324 g/mol. The Labute approximate surface area is 151 Å². The van der Waals surface area contributed by atoms with E-state index < -0.39 is 0 Å². The number of carbonyl (C=O) groups excluding carboxylic acids is 1. The lowest BCUT2D eigenvalue weighted by molar-refractivity contribution is -0.110. The summed E-state index contributed by atoms with van der Waals surface area (Å²) >= 11 is 0. The number of aromatic nitrogens is 1. The fraction of sp³-hybridized carbons (Fsp3) is 0.0455. The van der Waals surface area contributed by atoms with Crippen LogP contribution in [0.5, 0.6) is 5.75 Å². The van der Waals surface area contributed by atoms with Gasteiger partial charge >= 0.3 is 0 Å². The highest BCUT2D eigenvalue weighted by molar-refractivity contribution is 6.35. The molecule has 0 saturated carbocycles. The summed E-state index contributed by atoms with van der Waals surface area (Å²) in [6.07, 6.45) is 7.71. The third-order valence-corrected chi connectivity index (χ3v) is 4.36. The average molecular weight is 342 g/mol. The normalized spacial score (nSPS) is 14.7. The molecule has 0 radical (unpaired) electrons. The Morgan fingerprint density at radius 2 is 1.81 bits per heavy atom.